The van der Waals surface area contributed by atoms with Crippen molar-refractivity contribution in [3.05, 3.63) is 101 Å². The van der Waals surface area contributed by atoms with Crippen LogP contribution < -0.4 is 4.74 Å². The molecule has 0 spiro atoms. The molecule has 0 radical (unpaired) electrons. The molecule has 0 saturated carbocycles. The first-order chi connectivity index (χ1) is 13.7. The smallest absolute Gasteiger partial charge is 0.253 e. The molecule has 144 valence electrons. The van der Waals surface area contributed by atoms with Gasteiger partial charge in [-0.2, -0.15) is 0 Å². The lowest BCUT2D eigenvalue weighted by Crippen LogP contribution is -2.26. The van der Waals surface area contributed by atoms with Crippen LogP contribution in [0.1, 0.15) is 27.0 Å². The van der Waals surface area contributed by atoms with Crippen LogP contribution in [0.5, 0.6) is 5.75 Å². The number of hydrogen-bond acceptors (Lipinski definition) is 3. The molecular formula is C24H25NO3. The Hall–Kier alpha value is -3.11. The number of hydrogen-bond donors (Lipinski definition) is 0. The normalized spacial score (nSPS) is 10.5. The molecule has 0 atom stereocenters. The zero-order valence-corrected chi connectivity index (χ0v) is 16.3. The van der Waals surface area contributed by atoms with Crippen LogP contribution in [-0.4, -0.2) is 25.0 Å². The first-order valence-corrected chi connectivity index (χ1v) is 9.25. The van der Waals surface area contributed by atoms with E-state index >= 15 is 0 Å². The second-order valence-electron chi connectivity index (χ2n) is 6.65. The molecule has 0 aliphatic heterocycles. The van der Waals surface area contributed by atoms with Gasteiger partial charge in [0.1, 0.15) is 5.75 Å². The van der Waals surface area contributed by atoms with E-state index in [2.05, 4.69) is 0 Å². The molecule has 0 aromatic heterocycles. The molecule has 0 bridgehead atoms. The van der Waals surface area contributed by atoms with Crippen molar-refractivity contribution in [2.24, 2.45) is 0 Å². The van der Waals surface area contributed by atoms with Gasteiger partial charge in [-0.15, -0.1) is 0 Å². The van der Waals surface area contributed by atoms with E-state index in [0.29, 0.717) is 25.3 Å². The first kappa shape index (κ1) is 19.6. The summed E-state index contributed by atoms with van der Waals surface area (Å²) in [7, 11) is 3.43. The fourth-order valence-corrected chi connectivity index (χ4v) is 3.03. The maximum Gasteiger partial charge on any atom is 0.253 e. The van der Waals surface area contributed by atoms with Gasteiger partial charge < -0.3 is 14.4 Å². The highest BCUT2D eigenvalue weighted by Gasteiger charge is 2.15. The number of rotatable bonds is 8. The van der Waals surface area contributed by atoms with E-state index in [4.69, 9.17) is 9.47 Å². The molecule has 3 aromatic carbocycles. The molecule has 0 saturated heterocycles. The van der Waals surface area contributed by atoms with Crippen LogP contribution in [0.2, 0.25) is 0 Å². The number of amides is 1. The monoisotopic (exact) mass is 375 g/mol. The van der Waals surface area contributed by atoms with Crippen LogP contribution in [0.25, 0.3) is 0 Å². The van der Waals surface area contributed by atoms with Crippen molar-refractivity contribution in [1.82, 2.24) is 4.90 Å². The highest BCUT2D eigenvalue weighted by Crippen LogP contribution is 2.22. The minimum Gasteiger partial charge on any atom is -0.496 e. The summed E-state index contributed by atoms with van der Waals surface area (Å²) in [4.78, 5) is 14.6. The van der Waals surface area contributed by atoms with Crippen molar-refractivity contribution in [3.8, 4) is 5.75 Å². The fraction of sp³-hybridized carbons (Fsp3) is 0.208. The maximum atomic E-state index is 12.8. The standard InChI is InChI=1S/C24H25NO3/c1-25(16-19-9-5-3-6-10-19)24(26)21-13-14-23(27-2)22(15-21)18-28-17-20-11-7-4-8-12-20/h3-15H,16-18H2,1-2H3. The average molecular weight is 375 g/mol. The van der Waals surface area contributed by atoms with Gasteiger partial charge in [-0.25, -0.2) is 0 Å². The Kier molecular flexibility index (Phi) is 6.82. The summed E-state index contributed by atoms with van der Waals surface area (Å²) < 4.78 is 11.3. The maximum absolute atomic E-state index is 12.8. The second kappa shape index (κ2) is 9.72. The van der Waals surface area contributed by atoms with E-state index in [1.165, 1.54) is 0 Å². The first-order valence-electron chi connectivity index (χ1n) is 9.25. The number of carbonyl (C=O) groups excluding carboxylic acids is 1. The summed E-state index contributed by atoms with van der Waals surface area (Å²) >= 11 is 0. The second-order valence-corrected chi connectivity index (χ2v) is 6.65. The lowest BCUT2D eigenvalue weighted by Gasteiger charge is -2.18. The molecule has 3 rings (SSSR count). The van der Waals surface area contributed by atoms with Crippen LogP contribution in [-0.2, 0) is 24.5 Å². The van der Waals surface area contributed by atoms with Gasteiger partial charge in [-0.05, 0) is 29.3 Å². The summed E-state index contributed by atoms with van der Waals surface area (Å²) in [6.45, 7) is 1.45. The Bertz CT molecular complexity index is 894. The number of carbonyl (C=O) groups is 1. The van der Waals surface area contributed by atoms with E-state index < -0.39 is 0 Å². The minimum atomic E-state index is -0.0317. The van der Waals surface area contributed by atoms with Gasteiger partial charge in [0.2, 0.25) is 0 Å². The van der Waals surface area contributed by atoms with E-state index in [1.54, 1.807) is 18.1 Å². The molecule has 0 N–H and O–H groups in total. The third kappa shape index (κ3) is 5.21. The van der Waals surface area contributed by atoms with Gasteiger partial charge in [-0.3, -0.25) is 4.79 Å². The Balaban J connectivity index is 1.67. The van der Waals surface area contributed by atoms with Crippen molar-refractivity contribution >= 4 is 5.91 Å². The number of nitrogens with zero attached hydrogens (tertiary/aromatic N) is 1. The third-order valence-electron chi connectivity index (χ3n) is 4.51. The molecule has 1 amide bonds. The van der Waals surface area contributed by atoms with Crippen LogP contribution in [0.4, 0.5) is 0 Å². The topological polar surface area (TPSA) is 38.8 Å². The molecule has 0 aliphatic carbocycles. The van der Waals surface area contributed by atoms with E-state index in [1.807, 2.05) is 79.8 Å². The summed E-state index contributed by atoms with van der Waals surface area (Å²) in [6.07, 6.45) is 0. The Labute approximate surface area is 166 Å². The molecule has 4 heteroatoms. The molecule has 28 heavy (non-hydrogen) atoms. The molecular weight excluding hydrogens is 350 g/mol. The van der Waals surface area contributed by atoms with Crippen LogP contribution >= 0.6 is 0 Å². The molecule has 4 nitrogen and oxygen atoms in total. The molecule has 0 unspecified atom stereocenters. The van der Waals surface area contributed by atoms with Crippen molar-refractivity contribution in [2.75, 3.05) is 14.2 Å². The Morgan fingerprint density at radius 3 is 2.14 bits per heavy atom. The lowest BCUT2D eigenvalue weighted by atomic mass is 10.1. The van der Waals surface area contributed by atoms with E-state index in [-0.39, 0.29) is 5.91 Å². The SMILES string of the molecule is COc1ccc(C(=O)N(C)Cc2ccccc2)cc1COCc1ccccc1. The zero-order chi connectivity index (χ0) is 19.8. The van der Waals surface area contributed by atoms with Crippen LogP contribution in [0.3, 0.4) is 0 Å². The minimum absolute atomic E-state index is 0.0317. The number of methoxy groups -OCH3 is 1. The number of ether oxygens (including phenoxy) is 2. The quantitative estimate of drug-likeness (QED) is 0.574. The van der Waals surface area contributed by atoms with Crippen molar-refractivity contribution in [2.45, 2.75) is 19.8 Å². The molecule has 3 aromatic rings. The van der Waals surface area contributed by atoms with Gasteiger partial charge in [-0.1, -0.05) is 60.7 Å². The molecule has 0 fully saturated rings. The van der Waals surface area contributed by atoms with Crippen molar-refractivity contribution in [1.29, 1.82) is 0 Å². The van der Waals surface area contributed by atoms with Gasteiger partial charge in [0, 0.05) is 24.7 Å². The third-order valence-corrected chi connectivity index (χ3v) is 4.51. The summed E-state index contributed by atoms with van der Waals surface area (Å²) in [5.74, 6) is 0.686. The molecule has 0 heterocycles. The van der Waals surface area contributed by atoms with E-state index in [9.17, 15) is 4.79 Å². The van der Waals surface area contributed by atoms with Crippen molar-refractivity contribution in [3.63, 3.8) is 0 Å². The summed E-state index contributed by atoms with van der Waals surface area (Å²) in [6, 6.07) is 25.4. The highest BCUT2D eigenvalue weighted by atomic mass is 16.5. The van der Waals surface area contributed by atoms with Gasteiger partial charge in [0.15, 0.2) is 0 Å². The van der Waals surface area contributed by atoms with Gasteiger partial charge in [0.05, 0.1) is 20.3 Å². The zero-order valence-electron chi connectivity index (χ0n) is 16.3. The largest absolute Gasteiger partial charge is 0.496 e. The van der Waals surface area contributed by atoms with Gasteiger partial charge >= 0.3 is 0 Å². The van der Waals surface area contributed by atoms with E-state index in [0.717, 1.165) is 22.4 Å². The van der Waals surface area contributed by atoms with Crippen LogP contribution in [0, 0.1) is 0 Å². The average Bonchev–Trinajstić information content (AvgIpc) is 2.74. The number of benzene rings is 3. The van der Waals surface area contributed by atoms with Crippen molar-refractivity contribution < 1.29 is 14.3 Å². The van der Waals surface area contributed by atoms with Crippen LogP contribution in [0.15, 0.2) is 78.9 Å². The lowest BCUT2D eigenvalue weighted by molar-refractivity contribution is 0.0784. The Morgan fingerprint density at radius 1 is 0.857 bits per heavy atom. The summed E-state index contributed by atoms with van der Waals surface area (Å²) in [5, 5.41) is 0. The highest BCUT2D eigenvalue weighted by molar-refractivity contribution is 5.94. The van der Waals surface area contributed by atoms with Gasteiger partial charge in [0.25, 0.3) is 5.91 Å². The molecule has 0 aliphatic rings. The summed E-state index contributed by atoms with van der Waals surface area (Å²) in [5.41, 5.74) is 3.68. The fourth-order valence-electron chi connectivity index (χ4n) is 3.03. The predicted octanol–water partition coefficient (Wildman–Crippen LogP) is 4.68. The predicted molar refractivity (Wildman–Crippen MR) is 110 cm³/mol. The Morgan fingerprint density at radius 2 is 1.50 bits per heavy atom.